The molecule has 1 aliphatic rings. The van der Waals surface area contributed by atoms with E-state index < -0.39 is 5.60 Å². The van der Waals surface area contributed by atoms with E-state index in [1.807, 2.05) is 75.4 Å². The third-order valence-corrected chi connectivity index (χ3v) is 6.55. The molecule has 1 unspecified atom stereocenters. The Morgan fingerprint density at radius 1 is 0.951 bits per heavy atom. The molecular weight excluding hydrogens is 523 g/mol. The third-order valence-electron chi connectivity index (χ3n) is 6.55. The van der Waals surface area contributed by atoms with Crippen molar-refractivity contribution in [2.45, 2.75) is 58.3 Å². The SMILES string of the molecule is CC(C)(C)OC(=O)N1CCC(c2ccc(OCCCOCc3ccccc3F)cc2)C(=NOCc2ccccc2)C1. The smallest absolute Gasteiger partial charge is 0.410 e. The van der Waals surface area contributed by atoms with E-state index in [4.69, 9.17) is 19.0 Å². The van der Waals surface area contributed by atoms with Crippen LogP contribution in [0.4, 0.5) is 9.18 Å². The molecule has 1 fully saturated rings. The van der Waals surface area contributed by atoms with Crippen molar-refractivity contribution >= 4 is 11.8 Å². The summed E-state index contributed by atoms with van der Waals surface area (Å²) in [6, 6.07) is 24.4. The van der Waals surface area contributed by atoms with Gasteiger partial charge in [0.2, 0.25) is 0 Å². The van der Waals surface area contributed by atoms with E-state index in [9.17, 15) is 9.18 Å². The van der Waals surface area contributed by atoms with E-state index in [0.29, 0.717) is 51.3 Å². The first kappa shape index (κ1) is 30.1. The van der Waals surface area contributed by atoms with Crippen LogP contribution in [0.1, 0.15) is 56.2 Å². The molecule has 1 amide bonds. The van der Waals surface area contributed by atoms with Gasteiger partial charge < -0.3 is 23.9 Å². The summed E-state index contributed by atoms with van der Waals surface area (Å²) >= 11 is 0. The number of rotatable bonds is 11. The number of nitrogens with zero attached hydrogens (tertiary/aromatic N) is 2. The van der Waals surface area contributed by atoms with Gasteiger partial charge in [0, 0.05) is 24.4 Å². The van der Waals surface area contributed by atoms with Crippen molar-refractivity contribution < 1.29 is 28.2 Å². The highest BCUT2D eigenvalue weighted by Gasteiger charge is 2.32. The van der Waals surface area contributed by atoms with Crippen molar-refractivity contribution in [3.05, 3.63) is 101 Å². The topological polar surface area (TPSA) is 69.6 Å². The number of carbonyl (C=O) groups is 1. The predicted molar refractivity (Wildman–Crippen MR) is 156 cm³/mol. The van der Waals surface area contributed by atoms with Gasteiger partial charge in [-0.2, -0.15) is 0 Å². The minimum absolute atomic E-state index is 0.00490. The van der Waals surface area contributed by atoms with E-state index in [1.54, 1.807) is 23.1 Å². The van der Waals surface area contributed by atoms with Crippen molar-refractivity contribution in [3.8, 4) is 5.75 Å². The molecule has 0 N–H and O–H groups in total. The molecule has 0 saturated carbocycles. The molecule has 0 aliphatic carbocycles. The molecule has 41 heavy (non-hydrogen) atoms. The standard InChI is InChI=1S/C33H39FN2O5/c1-33(2,3)41-32(37)36-19-18-29(31(22-36)35-40-23-25-10-5-4-6-11-25)26-14-16-28(17-15-26)39-21-9-20-38-24-27-12-7-8-13-30(27)34/h4-8,10-17,29H,9,18-24H2,1-3H3. The second-order valence-corrected chi connectivity index (χ2v) is 11.0. The molecular formula is C33H39FN2O5. The molecule has 1 atom stereocenters. The second-order valence-electron chi connectivity index (χ2n) is 11.0. The Balaban J connectivity index is 1.32. The largest absolute Gasteiger partial charge is 0.494 e. The number of halogens is 1. The maximum Gasteiger partial charge on any atom is 0.410 e. The van der Waals surface area contributed by atoms with E-state index in [-0.39, 0.29) is 24.4 Å². The zero-order valence-corrected chi connectivity index (χ0v) is 24.1. The molecule has 0 aromatic heterocycles. The zero-order valence-electron chi connectivity index (χ0n) is 24.1. The normalized spacial score (nSPS) is 16.4. The van der Waals surface area contributed by atoms with Crippen LogP contribution in [-0.4, -0.2) is 48.6 Å². The Morgan fingerprint density at radius 2 is 1.68 bits per heavy atom. The number of benzene rings is 3. The molecule has 3 aromatic carbocycles. The second kappa shape index (κ2) is 14.6. The Bertz CT molecular complexity index is 1270. The van der Waals surface area contributed by atoms with Gasteiger partial charge in [0.05, 0.1) is 32.1 Å². The highest BCUT2D eigenvalue weighted by molar-refractivity contribution is 5.95. The maximum atomic E-state index is 13.7. The molecule has 3 aromatic rings. The number of piperidine rings is 1. The van der Waals surface area contributed by atoms with Crippen molar-refractivity contribution in [2.75, 3.05) is 26.3 Å². The third kappa shape index (κ3) is 9.60. The molecule has 4 rings (SSSR count). The Kier molecular flexibility index (Phi) is 10.7. The van der Waals surface area contributed by atoms with E-state index >= 15 is 0 Å². The summed E-state index contributed by atoms with van der Waals surface area (Å²) < 4.78 is 30.7. The van der Waals surface area contributed by atoms with Crippen molar-refractivity contribution in [1.29, 1.82) is 0 Å². The first-order valence-corrected chi connectivity index (χ1v) is 14.0. The number of oxime groups is 1. The Labute approximate surface area is 241 Å². The Hall–Kier alpha value is -3.91. The number of hydrogen-bond acceptors (Lipinski definition) is 6. The van der Waals surface area contributed by atoms with E-state index in [2.05, 4.69) is 5.16 Å². The van der Waals surface area contributed by atoms with E-state index in [0.717, 1.165) is 22.6 Å². The van der Waals surface area contributed by atoms with Gasteiger partial charge in [-0.3, -0.25) is 0 Å². The lowest BCUT2D eigenvalue weighted by molar-refractivity contribution is 0.0258. The minimum Gasteiger partial charge on any atom is -0.494 e. The highest BCUT2D eigenvalue weighted by atomic mass is 19.1. The van der Waals surface area contributed by atoms with Gasteiger partial charge in [-0.05, 0) is 56.5 Å². The first-order valence-electron chi connectivity index (χ1n) is 14.0. The molecule has 7 nitrogen and oxygen atoms in total. The first-order chi connectivity index (χ1) is 19.8. The fraction of sp³-hybridized carbons (Fsp3) is 0.394. The summed E-state index contributed by atoms with van der Waals surface area (Å²) in [5.41, 5.74) is 2.86. The van der Waals surface area contributed by atoms with Crippen molar-refractivity contribution in [2.24, 2.45) is 5.16 Å². The lowest BCUT2D eigenvalue weighted by Crippen LogP contribution is -2.45. The fourth-order valence-electron chi connectivity index (χ4n) is 4.48. The average Bonchev–Trinajstić information content (AvgIpc) is 2.96. The van der Waals surface area contributed by atoms with Crippen LogP contribution in [0, 0.1) is 5.82 Å². The Morgan fingerprint density at radius 3 is 2.41 bits per heavy atom. The number of amides is 1. The molecule has 8 heteroatoms. The maximum absolute atomic E-state index is 13.7. The van der Waals surface area contributed by atoms with E-state index in [1.165, 1.54) is 6.07 Å². The molecule has 1 aliphatic heterocycles. The lowest BCUT2D eigenvalue weighted by Gasteiger charge is -2.34. The zero-order chi connectivity index (χ0) is 29.1. The van der Waals surface area contributed by atoms with Gasteiger partial charge in [-0.25, -0.2) is 9.18 Å². The summed E-state index contributed by atoms with van der Waals surface area (Å²) in [5.74, 6) is 0.508. The molecule has 0 radical (unpaired) electrons. The number of likely N-dealkylation sites (tertiary alicyclic amines) is 1. The molecule has 1 heterocycles. The molecule has 0 spiro atoms. The van der Waals surface area contributed by atoms with Crippen LogP contribution >= 0.6 is 0 Å². The highest BCUT2D eigenvalue weighted by Crippen LogP contribution is 2.29. The minimum atomic E-state index is -0.573. The summed E-state index contributed by atoms with van der Waals surface area (Å²) in [7, 11) is 0. The van der Waals surface area contributed by atoms with Crippen molar-refractivity contribution in [1.82, 2.24) is 4.90 Å². The summed E-state index contributed by atoms with van der Waals surface area (Å²) in [5, 5.41) is 4.49. The summed E-state index contributed by atoms with van der Waals surface area (Å²) in [6.45, 7) is 8.03. The van der Waals surface area contributed by atoms with Gasteiger partial charge in [0.15, 0.2) is 0 Å². The quantitative estimate of drug-likeness (QED) is 0.184. The van der Waals surface area contributed by atoms with Crippen LogP contribution < -0.4 is 4.74 Å². The van der Waals surface area contributed by atoms with Crippen LogP contribution in [-0.2, 0) is 27.5 Å². The number of ether oxygens (including phenoxy) is 3. The fourth-order valence-corrected chi connectivity index (χ4v) is 4.48. The van der Waals surface area contributed by atoms with Gasteiger partial charge in [-0.15, -0.1) is 0 Å². The van der Waals surface area contributed by atoms with Gasteiger partial charge in [-0.1, -0.05) is 65.8 Å². The van der Waals surface area contributed by atoms with Crippen LogP contribution in [0.5, 0.6) is 5.75 Å². The van der Waals surface area contributed by atoms with Gasteiger partial charge in [0.25, 0.3) is 0 Å². The monoisotopic (exact) mass is 562 g/mol. The molecule has 218 valence electrons. The van der Waals surface area contributed by atoms with Crippen LogP contribution in [0.25, 0.3) is 0 Å². The van der Waals surface area contributed by atoms with Crippen LogP contribution in [0.3, 0.4) is 0 Å². The van der Waals surface area contributed by atoms with Gasteiger partial charge >= 0.3 is 6.09 Å². The summed E-state index contributed by atoms with van der Waals surface area (Å²) in [6.07, 6.45) is 1.04. The number of hydrogen-bond donors (Lipinski definition) is 0. The van der Waals surface area contributed by atoms with Crippen molar-refractivity contribution in [3.63, 3.8) is 0 Å². The molecule has 0 bridgehead atoms. The number of carbonyl (C=O) groups excluding carboxylic acids is 1. The lowest BCUT2D eigenvalue weighted by atomic mass is 9.88. The average molecular weight is 563 g/mol. The van der Waals surface area contributed by atoms with Crippen LogP contribution in [0.15, 0.2) is 84.0 Å². The van der Waals surface area contributed by atoms with Crippen LogP contribution in [0.2, 0.25) is 0 Å². The summed E-state index contributed by atoms with van der Waals surface area (Å²) in [4.78, 5) is 20.2. The predicted octanol–water partition coefficient (Wildman–Crippen LogP) is 7.11. The van der Waals surface area contributed by atoms with Gasteiger partial charge in [0.1, 0.15) is 23.8 Å². The molecule has 1 saturated heterocycles.